The number of benzene rings is 2. The van der Waals surface area contributed by atoms with Gasteiger partial charge in [-0.15, -0.1) is 0 Å². The standard InChI is InChI=1S/C68H79F3N4O12/c1-6-67(85)53-36-44-34-45(63(82)52(53)39-87-66(67)84)35-51-60-49(27-28-50-42(5)54(69)37-55(61(50)60)74-62(44)51)40(3)32-57(79)64(68(70,71)7-2)86-31-15-13-21-48(78)38-72-65(83)56(33-43-18-10-8-11-19-43)73-58(80)25-17-24-47(77)23-16-22-46(76)20-12-9-14-30-75-41(4)26-29-59(75)81/h7-8,10-11,18-19,26,29,36-37,40,45,49,56,64,85H,2,4,6,9,12-17,20-25,27-28,30-35,38-39H2,1,3,5H3,(H,72,83)(H,73,80)/t40?,45?,49?,56-,64-,67-/m0/s1. The number of carbonyl (C=O) groups excluding carboxylic acids is 9. The fraction of sp³-hybridized carbons (Fsp3) is 0.500. The topological polar surface area (TPSA) is 233 Å². The van der Waals surface area contributed by atoms with E-state index in [4.69, 9.17) is 14.5 Å². The van der Waals surface area contributed by atoms with Crippen molar-refractivity contribution >= 4 is 69.1 Å². The number of alkyl halides is 2. The number of halogens is 3. The molecule has 5 aliphatic rings. The van der Waals surface area contributed by atoms with Crippen molar-refractivity contribution in [2.75, 3.05) is 26.3 Å². The maximum atomic E-state index is 15.7. The summed E-state index contributed by atoms with van der Waals surface area (Å²) >= 11 is 0. The zero-order chi connectivity index (χ0) is 62.7. The van der Waals surface area contributed by atoms with E-state index in [0.717, 1.165) is 35.1 Å². The minimum Gasteiger partial charge on any atom is -0.458 e. The van der Waals surface area contributed by atoms with Crippen molar-refractivity contribution in [3.63, 3.8) is 0 Å². The van der Waals surface area contributed by atoms with Crippen molar-refractivity contribution in [1.82, 2.24) is 20.5 Å². The van der Waals surface area contributed by atoms with Crippen LogP contribution >= 0.6 is 0 Å². The summed E-state index contributed by atoms with van der Waals surface area (Å²) in [5.74, 6) is -9.35. The number of Topliss-reactive ketones (excluding diaryl/α,β-unsaturated/α-hetero) is 5. The third-order valence-corrected chi connectivity index (χ3v) is 17.8. The number of rotatable bonds is 33. The molecule has 0 saturated heterocycles. The number of amides is 3. The van der Waals surface area contributed by atoms with Gasteiger partial charge in [0.15, 0.2) is 29.1 Å². The van der Waals surface area contributed by atoms with Gasteiger partial charge in [-0.25, -0.2) is 14.2 Å². The number of nitrogens with one attached hydrogen (secondary N) is 2. The Kier molecular flexibility index (Phi) is 21.8. The summed E-state index contributed by atoms with van der Waals surface area (Å²) in [5.41, 5.74) is 3.82. The first-order valence-electron chi connectivity index (χ1n) is 30.6. The van der Waals surface area contributed by atoms with Crippen LogP contribution in [0, 0.1) is 24.6 Å². The molecule has 2 aromatic carbocycles. The Hall–Kier alpha value is -7.51. The Morgan fingerprint density at radius 3 is 2.30 bits per heavy atom. The highest BCUT2D eigenvalue weighted by Gasteiger charge is 2.50. The second-order valence-corrected chi connectivity index (χ2v) is 23.9. The number of hydrogen-bond acceptors (Lipinski definition) is 13. The van der Waals surface area contributed by atoms with Crippen molar-refractivity contribution in [1.29, 1.82) is 0 Å². The lowest BCUT2D eigenvalue weighted by Crippen LogP contribution is -2.49. The summed E-state index contributed by atoms with van der Waals surface area (Å²) < 4.78 is 58.0. The molecule has 2 aliphatic heterocycles. The van der Waals surface area contributed by atoms with Crippen LogP contribution in [-0.2, 0) is 71.9 Å². The van der Waals surface area contributed by atoms with Crippen LogP contribution in [0.1, 0.15) is 162 Å². The number of carbonyl (C=O) groups is 9. The van der Waals surface area contributed by atoms with Gasteiger partial charge in [-0.1, -0.05) is 63.8 Å². The molecule has 16 nitrogen and oxygen atoms in total. The molecule has 464 valence electrons. The molecule has 8 rings (SSSR count). The second kappa shape index (κ2) is 29.0. The van der Waals surface area contributed by atoms with Crippen molar-refractivity contribution in [3.05, 3.63) is 130 Å². The number of allylic oxidation sites excluding steroid dienone is 2. The minimum atomic E-state index is -3.77. The van der Waals surface area contributed by atoms with E-state index in [-0.39, 0.29) is 143 Å². The summed E-state index contributed by atoms with van der Waals surface area (Å²) in [6, 6.07) is 9.27. The molecule has 3 N–H and O–H groups in total. The fourth-order valence-electron chi connectivity index (χ4n) is 12.8. The van der Waals surface area contributed by atoms with Crippen LogP contribution in [0.3, 0.4) is 0 Å². The summed E-state index contributed by atoms with van der Waals surface area (Å²) in [7, 11) is 0. The van der Waals surface area contributed by atoms with E-state index < -0.39 is 70.8 Å². The lowest BCUT2D eigenvalue weighted by atomic mass is 9.68. The highest BCUT2D eigenvalue weighted by atomic mass is 19.3. The van der Waals surface area contributed by atoms with Crippen LogP contribution in [0.2, 0.25) is 0 Å². The smallest absolute Gasteiger partial charge is 0.343 e. The van der Waals surface area contributed by atoms with Crippen LogP contribution in [0.5, 0.6) is 0 Å². The highest BCUT2D eigenvalue weighted by molar-refractivity contribution is 6.06. The molecule has 3 aromatic rings. The van der Waals surface area contributed by atoms with Gasteiger partial charge in [-0.3, -0.25) is 38.4 Å². The number of aliphatic hydroxyl groups is 1. The number of fused-ring (bicyclic) bond motifs is 5. The third kappa shape index (κ3) is 15.4. The molecular formula is C68H79F3N4O12. The van der Waals surface area contributed by atoms with Crippen molar-refractivity contribution < 1.29 is 70.9 Å². The summed E-state index contributed by atoms with van der Waals surface area (Å²) in [4.78, 5) is 125. The molecule has 0 fully saturated rings. The van der Waals surface area contributed by atoms with Gasteiger partial charge in [0.25, 0.3) is 11.8 Å². The van der Waals surface area contributed by atoms with E-state index >= 15 is 13.2 Å². The predicted octanol–water partition coefficient (Wildman–Crippen LogP) is 9.57. The maximum Gasteiger partial charge on any atom is 0.343 e. The molecule has 19 heteroatoms. The molecule has 0 saturated carbocycles. The average Bonchev–Trinajstić information content (AvgIpc) is 1.72. The SMILES string of the molecule is C=CC(F)(F)[C@@H](OCCCCC(=O)CNC(=O)[C@H](Cc1ccccc1)NC(=O)CCCC(=O)CCCC(=O)CCCCCN1C(=C)C=CC1=O)C(=O)CC(C)C1CCc2c(C)c(F)cc3nc4c(c1c23)CC1CC4=CC2=C(COC(=O)[C@]2(O)CC)C1=O. The lowest BCUT2D eigenvalue weighted by molar-refractivity contribution is -0.163. The van der Waals surface area contributed by atoms with Crippen molar-refractivity contribution in [3.8, 4) is 0 Å². The van der Waals surface area contributed by atoms with Crippen LogP contribution in [0.25, 0.3) is 16.5 Å². The zero-order valence-corrected chi connectivity index (χ0v) is 50.0. The summed E-state index contributed by atoms with van der Waals surface area (Å²) in [5, 5.41) is 17.6. The number of ketones is 5. The predicted molar refractivity (Wildman–Crippen MR) is 319 cm³/mol. The Morgan fingerprint density at radius 2 is 1.61 bits per heavy atom. The van der Waals surface area contributed by atoms with Gasteiger partial charge >= 0.3 is 5.97 Å². The molecule has 6 atom stereocenters. The molecule has 87 heavy (non-hydrogen) atoms. The minimum absolute atomic E-state index is 0.0332. The lowest BCUT2D eigenvalue weighted by Gasteiger charge is -2.36. The number of pyridine rings is 1. The monoisotopic (exact) mass is 1200 g/mol. The molecular weight excluding hydrogens is 1120 g/mol. The third-order valence-electron chi connectivity index (χ3n) is 17.8. The largest absolute Gasteiger partial charge is 0.458 e. The molecule has 2 bridgehead atoms. The van der Waals surface area contributed by atoms with Gasteiger partial charge in [-0.05, 0) is 141 Å². The fourth-order valence-corrected chi connectivity index (χ4v) is 12.8. The molecule has 1 aromatic heterocycles. The first-order valence-corrected chi connectivity index (χ1v) is 30.6. The molecule has 0 spiro atoms. The van der Waals surface area contributed by atoms with Gasteiger partial charge < -0.3 is 30.1 Å². The number of aromatic nitrogens is 1. The number of ether oxygens (including phenoxy) is 2. The van der Waals surface area contributed by atoms with E-state index in [2.05, 4.69) is 23.8 Å². The number of unbranched alkanes of at least 4 members (excludes halogenated alkanes) is 3. The number of aryl methyl sites for hydroxylation is 1. The number of esters is 1. The Morgan fingerprint density at radius 1 is 0.920 bits per heavy atom. The first kappa shape index (κ1) is 65.5. The Bertz CT molecular complexity index is 3310. The van der Waals surface area contributed by atoms with E-state index in [1.165, 1.54) is 12.1 Å². The average molecular weight is 1200 g/mol. The Labute approximate surface area is 505 Å². The summed E-state index contributed by atoms with van der Waals surface area (Å²) in [6.45, 7) is 11.8. The molecule has 3 unspecified atom stereocenters. The highest BCUT2D eigenvalue weighted by Crippen LogP contribution is 2.51. The Balaban J connectivity index is 0.809. The summed E-state index contributed by atoms with van der Waals surface area (Å²) in [6.07, 6.45) is 8.10. The normalized spacial score (nSPS) is 19.8. The number of hydrogen-bond donors (Lipinski definition) is 3. The van der Waals surface area contributed by atoms with Gasteiger partial charge in [0.05, 0.1) is 17.8 Å². The molecule has 3 aliphatic carbocycles. The van der Waals surface area contributed by atoms with Gasteiger partial charge in [0.2, 0.25) is 11.8 Å². The number of nitrogens with zero attached hydrogens (tertiary/aromatic N) is 2. The van der Waals surface area contributed by atoms with Crippen molar-refractivity contribution in [2.24, 2.45) is 11.8 Å². The van der Waals surface area contributed by atoms with E-state index in [1.54, 1.807) is 68.2 Å². The van der Waals surface area contributed by atoms with Gasteiger partial charge in [-0.2, -0.15) is 8.78 Å². The first-order chi connectivity index (χ1) is 41.5. The van der Waals surface area contributed by atoms with E-state index in [1.807, 2.05) is 0 Å². The van der Waals surface area contributed by atoms with E-state index in [0.29, 0.717) is 78.2 Å². The van der Waals surface area contributed by atoms with Crippen LogP contribution in [0.15, 0.2) is 90.7 Å². The van der Waals surface area contributed by atoms with E-state index in [9.17, 15) is 48.3 Å². The van der Waals surface area contributed by atoms with Crippen molar-refractivity contribution in [2.45, 2.75) is 179 Å². The van der Waals surface area contributed by atoms with Crippen LogP contribution < -0.4 is 10.6 Å². The van der Waals surface area contributed by atoms with Gasteiger partial charge in [0, 0.05) is 105 Å². The zero-order valence-electron chi connectivity index (χ0n) is 50.0. The molecule has 0 radical (unpaired) electrons. The van der Waals surface area contributed by atoms with Gasteiger partial charge in [0.1, 0.15) is 30.0 Å². The van der Waals surface area contributed by atoms with Crippen LogP contribution in [-0.4, -0.2) is 118 Å². The number of cyclic esters (lactones) is 1. The quantitative estimate of drug-likeness (QED) is 0.0293. The van der Waals surface area contributed by atoms with Crippen LogP contribution in [0.4, 0.5) is 13.2 Å². The maximum absolute atomic E-state index is 15.7. The molecule has 3 amide bonds. The molecule has 3 heterocycles. The second-order valence-electron chi connectivity index (χ2n) is 23.9.